The quantitative estimate of drug-likeness (QED) is 0.542. The Morgan fingerprint density at radius 2 is 0.912 bits per heavy atom. The van der Waals surface area contributed by atoms with Crippen LogP contribution in [0.2, 0.25) is 0 Å². The van der Waals surface area contributed by atoms with E-state index in [1.807, 2.05) is 19.2 Å². The summed E-state index contributed by atoms with van der Waals surface area (Å²) in [5, 5.41) is 0. The van der Waals surface area contributed by atoms with Gasteiger partial charge in [-0.3, -0.25) is 9.69 Å². The number of carbonyl (C=O) groups is 1. The predicted molar refractivity (Wildman–Crippen MR) is 131 cm³/mol. The molecule has 0 aromatic heterocycles. The minimum absolute atomic E-state index is 0.0493. The average Bonchev–Trinajstić information content (AvgIpc) is 2.85. The van der Waals surface area contributed by atoms with E-state index in [1.54, 1.807) is 66.9 Å². The maximum absolute atomic E-state index is 13.5. The van der Waals surface area contributed by atoms with Crippen molar-refractivity contribution in [2.45, 2.75) is 0 Å². The number of likely N-dealkylation sites (N-methyl/N-ethyl adjacent to an activating group) is 1. The van der Waals surface area contributed by atoms with Crippen molar-refractivity contribution in [2.24, 2.45) is 0 Å². The van der Waals surface area contributed by atoms with Gasteiger partial charge in [0.25, 0.3) is 0 Å². The number of piperidine rings is 1. The van der Waals surface area contributed by atoms with Crippen molar-refractivity contribution in [1.29, 1.82) is 0 Å². The van der Waals surface area contributed by atoms with Gasteiger partial charge >= 0.3 is 0 Å². The fourth-order valence-electron chi connectivity index (χ4n) is 3.92. The zero-order valence-electron chi connectivity index (χ0n) is 20.7. The Kier molecular flexibility index (Phi) is 8.07. The van der Waals surface area contributed by atoms with Crippen LogP contribution in [0.3, 0.4) is 0 Å². The fourth-order valence-corrected chi connectivity index (χ4v) is 3.92. The molecular weight excluding hydrogens is 438 g/mol. The van der Waals surface area contributed by atoms with Gasteiger partial charge in [0.2, 0.25) is 0 Å². The summed E-state index contributed by atoms with van der Waals surface area (Å²) in [6.07, 6.45) is 3.66. The lowest BCUT2D eigenvalue weighted by Crippen LogP contribution is -2.34. The molecule has 1 saturated heterocycles. The Morgan fingerprint density at radius 3 is 1.24 bits per heavy atom. The lowest BCUT2D eigenvalue weighted by atomic mass is 9.94. The predicted octanol–water partition coefficient (Wildman–Crippen LogP) is 3.72. The zero-order valence-corrected chi connectivity index (χ0v) is 20.7. The summed E-state index contributed by atoms with van der Waals surface area (Å²) >= 11 is 0. The maximum atomic E-state index is 13.5. The van der Waals surface area contributed by atoms with Crippen molar-refractivity contribution in [3.8, 4) is 34.5 Å². The van der Waals surface area contributed by atoms with Crippen LogP contribution in [0, 0.1) is 0 Å². The topological polar surface area (TPSA) is 75.7 Å². The average molecular weight is 470 g/mol. The Bertz CT molecular complexity index is 1040. The van der Waals surface area contributed by atoms with Crippen molar-refractivity contribution in [1.82, 2.24) is 4.90 Å². The number of hydrogen-bond donors (Lipinski definition) is 0. The molecule has 2 aromatic rings. The number of rotatable bonds is 8. The van der Waals surface area contributed by atoms with E-state index in [9.17, 15) is 4.79 Å². The molecule has 0 bridgehead atoms. The molecule has 0 spiro atoms. The Hall–Kier alpha value is -3.65. The number of hydrogen-bond acceptors (Lipinski definition) is 8. The Balaban J connectivity index is 2.07. The molecule has 8 heteroatoms. The number of ether oxygens (including phenoxy) is 6. The lowest BCUT2D eigenvalue weighted by Gasteiger charge is -2.26. The van der Waals surface area contributed by atoms with Crippen LogP contribution >= 0.6 is 0 Å². The molecule has 0 unspecified atom stereocenters. The molecule has 0 amide bonds. The summed E-state index contributed by atoms with van der Waals surface area (Å²) in [6.45, 7) is 0.994. The summed E-state index contributed by atoms with van der Waals surface area (Å²) in [5.74, 6) is 3.32. The van der Waals surface area contributed by atoms with Gasteiger partial charge in [-0.05, 0) is 31.3 Å². The summed E-state index contributed by atoms with van der Waals surface area (Å²) in [4.78, 5) is 15.5. The molecule has 0 saturated carbocycles. The largest absolute Gasteiger partial charge is 0.496 e. The van der Waals surface area contributed by atoms with Crippen LogP contribution in [-0.4, -0.2) is 73.5 Å². The molecule has 1 aliphatic heterocycles. The molecule has 0 atom stereocenters. The van der Waals surface area contributed by atoms with E-state index < -0.39 is 0 Å². The van der Waals surface area contributed by atoms with E-state index in [2.05, 4.69) is 4.90 Å². The highest BCUT2D eigenvalue weighted by Crippen LogP contribution is 2.38. The third kappa shape index (κ3) is 5.12. The first-order valence-corrected chi connectivity index (χ1v) is 10.6. The summed E-state index contributed by atoms with van der Waals surface area (Å²) in [5.41, 5.74) is 2.71. The number of benzene rings is 2. The van der Waals surface area contributed by atoms with E-state index in [4.69, 9.17) is 28.4 Å². The highest BCUT2D eigenvalue weighted by molar-refractivity contribution is 6.15. The molecule has 1 aliphatic rings. The van der Waals surface area contributed by atoms with Crippen LogP contribution in [0.5, 0.6) is 34.5 Å². The zero-order chi connectivity index (χ0) is 24.8. The van der Waals surface area contributed by atoms with Crippen LogP contribution in [0.1, 0.15) is 11.1 Å². The highest BCUT2D eigenvalue weighted by atomic mass is 16.5. The minimum Gasteiger partial charge on any atom is -0.496 e. The summed E-state index contributed by atoms with van der Waals surface area (Å²) < 4.78 is 32.6. The van der Waals surface area contributed by atoms with Gasteiger partial charge in [-0.1, -0.05) is 0 Å². The first kappa shape index (κ1) is 25.0. The smallest absolute Gasteiger partial charge is 0.187 e. The van der Waals surface area contributed by atoms with Crippen LogP contribution in [0.4, 0.5) is 0 Å². The van der Waals surface area contributed by atoms with Gasteiger partial charge in [-0.2, -0.15) is 0 Å². The van der Waals surface area contributed by atoms with Gasteiger partial charge in [0.05, 0.1) is 42.7 Å². The Labute approximate surface area is 200 Å². The van der Waals surface area contributed by atoms with Gasteiger partial charge in [0.15, 0.2) is 28.8 Å². The fraction of sp³-hybridized carbons (Fsp3) is 0.346. The van der Waals surface area contributed by atoms with Crippen molar-refractivity contribution in [2.75, 3.05) is 62.8 Å². The van der Waals surface area contributed by atoms with Crippen molar-refractivity contribution >= 4 is 17.9 Å². The molecule has 8 nitrogen and oxygen atoms in total. The van der Waals surface area contributed by atoms with Gasteiger partial charge in [-0.25, -0.2) is 0 Å². The van der Waals surface area contributed by atoms with Crippen LogP contribution in [0.25, 0.3) is 12.2 Å². The molecule has 2 aromatic carbocycles. The molecule has 1 fully saturated rings. The number of nitrogens with zero attached hydrogens (tertiary/aromatic N) is 1. The summed E-state index contributed by atoms with van der Waals surface area (Å²) in [7, 11) is 11.4. The second-order valence-corrected chi connectivity index (χ2v) is 7.74. The first-order chi connectivity index (χ1) is 16.4. The SMILES string of the molecule is COc1cc(OC)c(OC)cc1/C=C1/CN(C)C/C(=C/c2cc(OC)c(OC)cc2OC)C1=O. The number of carbonyl (C=O) groups excluding carboxylic acids is 1. The van der Waals surface area contributed by atoms with E-state index in [1.165, 1.54) is 0 Å². The Morgan fingerprint density at radius 1 is 0.588 bits per heavy atom. The monoisotopic (exact) mass is 469 g/mol. The molecule has 0 aliphatic carbocycles. The van der Waals surface area contributed by atoms with Crippen molar-refractivity contribution in [3.05, 3.63) is 46.5 Å². The third-order valence-electron chi connectivity index (χ3n) is 5.60. The lowest BCUT2D eigenvalue weighted by molar-refractivity contribution is -0.113. The number of ketones is 1. The first-order valence-electron chi connectivity index (χ1n) is 10.6. The maximum Gasteiger partial charge on any atom is 0.187 e. The minimum atomic E-state index is -0.0493. The normalized spacial score (nSPS) is 16.5. The van der Waals surface area contributed by atoms with Crippen LogP contribution in [0.15, 0.2) is 35.4 Å². The molecule has 3 rings (SSSR count). The van der Waals surface area contributed by atoms with E-state index in [0.29, 0.717) is 58.7 Å². The molecular formula is C26H31NO7. The highest BCUT2D eigenvalue weighted by Gasteiger charge is 2.25. The molecule has 182 valence electrons. The second-order valence-electron chi connectivity index (χ2n) is 7.74. The number of methoxy groups -OCH3 is 6. The van der Waals surface area contributed by atoms with E-state index in [0.717, 1.165) is 11.1 Å². The molecule has 34 heavy (non-hydrogen) atoms. The van der Waals surface area contributed by atoms with Crippen molar-refractivity contribution < 1.29 is 33.2 Å². The van der Waals surface area contributed by atoms with Gasteiger partial charge in [0, 0.05) is 47.5 Å². The van der Waals surface area contributed by atoms with Crippen molar-refractivity contribution in [3.63, 3.8) is 0 Å². The van der Waals surface area contributed by atoms with E-state index in [-0.39, 0.29) is 5.78 Å². The van der Waals surface area contributed by atoms with Crippen LogP contribution < -0.4 is 28.4 Å². The van der Waals surface area contributed by atoms with E-state index >= 15 is 0 Å². The van der Waals surface area contributed by atoms with Gasteiger partial charge in [0.1, 0.15) is 11.5 Å². The molecule has 0 radical (unpaired) electrons. The van der Waals surface area contributed by atoms with Gasteiger partial charge < -0.3 is 28.4 Å². The standard InChI is InChI=1S/C26H31NO7/c1-27-14-18(8-16-10-22(31-4)24(33-6)12-20(16)29-2)26(28)19(15-27)9-17-11-23(32-5)25(34-7)13-21(17)30-3/h8-13H,14-15H2,1-7H3/b18-8-,19-9-. The van der Waals surface area contributed by atoms with Crippen LogP contribution in [-0.2, 0) is 4.79 Å². The number of Topliss-reactive ketones (excluding diaryl/α,β-unsaturated/α-hetero) is 1. The number of likely N-dealkylation sites (tertiary alicyclic amines) is 1. The third-order valence-corrected chi connectivity index (χ3v) is 5.60. The molecule has 1 heterocycles. The summed E-state index contributed by atoms with van der Waals surface area (Å²) in [6, 6.07) is 7.08. The molecule has 0 N–H and O–H groups in total. The van der Waals surface area contributed by atoms with Gasteiger partial charge in [-0.15, -0.1) is 0 Å². The second kappa shape index (κ2) is 11.0.